The van der Waals surface area contributed by atoms with Gasteiger partial charge in [0.25, 0.3) is 11.6 Å². The molecule has 7 heteroatoms. The summed E-state index contributed by atoms with van der Waals surface area (Å²) in [6, 6.07) is 18.1. The van der Waals surface area contributed by atoms with Gasteiger partial charge in [0.2, 0.25) is 0 Å². The van der Waals surface area contributed by atoms with Crippen molar-refractivity contribution in [2.45, 2.75) is 32.4 Å². The second kappa shape index (κ2) is 8.01. The first-order chi connectivity index (χ1) is 15.2. The number of para-hydroxylation sites is 1. The van der Waals surface area contributed by atoms with Gasteiger partial charge in [-0.2, -0.15) is 0 Å². The first-order valence-corrected chi connectivity index (χ1v) is 10.2. The van der Waals surface area contributed by atoms with Crippen molar-refractivity contribution in [2.75, 3.05) is 4.90 Å². The molecule has 32 heavy (non-hydrogen) atoms. The van der Waals surface area contributed by atoms with Crippen LogP contribution in [-0.2, 0) is 16.9 Å². The maximum Gasteiger partial charge on any atom is 0.270 e. The van der Waals surface area contributed by atoms with Crippen LogP contribution in [0.4, 0.5) is 11.4 Å². The summed E-state index contributed by atoms with van der Waals surface area (Å²) in [5.74, 6) is -1.13. The third-order valence-corrected chi connectivity index (χ3v) is 5.86. The molecule has 0 aromatic heterocycles. The second-order valence-electron chi connectivity index (χ2n) is 8.11. The van der Waals surface area contributed by atoms with Crippen LogP contribution >= 0.6 is 0 Å². The second-order valence-corrected chi connectivity index (χ2v) is 8.11. The highest BCUT2D eigenvalue weighted by Crippen LogP contribution is 2.43. The van der Waals surface area contributed by atoms with Gasteiger partial charge in [0, 0.05) is 23.3 Å². The van der Waals surface area contributed by atoms with E-state index < -0.39 is 28.6 Å². The number of carbonyl (C=O) groups excluding carboxylic acids is 2. The van der Waals surface area contributed by atoms with Crippen molar-refractivity contribution in [3.8, 4) is 0 Å². The zero-order chi connectivity index (χ0) is 23.0. The maximum atomic E-state index is 13.4. The lowest BCUT2D eigenvalue weighted by molar-refractivity contribution is -0.384. The Morgan fingerprint density at radius 1 is 1.06 bits per heavy atom. The average Bonchev–Trinajstić information content (AvgIpc) is 2.97. The standard InChI is InChI=1S/C25H22N2O5/c1-16-10-11-19(17(2)12-16)15-26-22-9-4-3-8-21(22)25(30,24(26)29)14-23(28)18-6-5-7-20(13-18)27(31)32/h3-13,30H,14-15H2,1-2H3/t25-/m0/s1. The summed E-state index contributed by atoms with van der Waals surface area (Å²) in [4.78, 5) is 38.3. The number of amides is 1. The number of Topliss-reactive ketones (excluding diaryl/α,β-unsaturated/α-hetero) is 1. The fourth-order valence-electron chi connectivity index (χ4n) is 4.16. The minimum atomic E-state index is -2.04. The number of anilines is 1. The Morgan fingerprint density at radius 3 is 2.53 bits per heavy atom. The van der Waals surface area contributed by atoms with E-state index >= 15 is 0 Å². The SMILES string of the molecule is Cc1ccc(CN2C(=O)[C@](O)(CC(=O)c3cccc([N+](=O)[O-])c3)c3ccccc32)c(C)c1. The quantitative estimate of drug-likeness (QED) is 0.358. The van der Waals surface area contributed by atoms with Gasteiger partial charge in [0.15, 0.2) is 11.4 Å². The van der Waals surface area contributed by atoms with Gasteiger partial charge < -0.3 is 10.0 Å². The number of ketones is 1. The van der Waals surface area contributed by atoms with E-state index in [1.165, 1.54) is 23.1 Å². The van der Waals surface area contributed by atoms with Crippen molar-refractivity contribution >= 4 is 23.1 Å². The number of benzene rings is 3. The molecule has 0 saturated carbocycles. The molecule has 3 aromatic carbocycles. The number of nitro groups is 1. The van der Waals surface area contributed by atoms with Crippen molar-refractivity contribution < 1.29 is 19.6 Å². The summed E-state index contributed by atoms with van der Waals surface area (Å²) in [6.07, 6.45) is -0.507. The van der Waals surface area contributed by atoms with Gasteiger partial charge in [-0.1, -0.05) is 54.1 Å². The zero-order valence-corrected chi connectivity index (χ0v) is 17.7. The molecule has 7 nitrogen and oxygen atoms in total. The Bertz CT molecular complexity index is 1250. The van der Waals surface area contributed by atoms with E-state index in [0.29, 0.717) is 11.3 Å². The molecule has 0 spiro atoms. The molecule has 0 aliphatic carbocycles. The molecule has 0 radical (unpaired) electrons. The predicted octanol–water partition coefficient (Wildman–Crippen LogP) is 4.22. The number of hydrogen-bond donors (Lipinski definition) is 1. The molecule has 1 atom stereocenters. The van der Waals surface area contributed by atoms with Crippen LogP contribution in [0.1, 0.15) is 39.0 Å². The van der Waals surface area contributed by atoms with E-state index in [-0.39, 0.29) is 17.8 Å². The van der Waals surface area contributed by atoms with Gasteiger partial charge in [0.05, 0.1) is 23.6 Å². The van der Waals surface area contributed by atoms with Gasteiger partial charge in [-0.3, -0.25) is 19.7 Å². The van der Waals surface area contributed by atoms with E-state index in [9.17, 15) is 24.8 Å². The Kier molecular flexibility index (Phi) is 5.36. The van der Waals surface area contributed by atoms with Crippen LogP contribution in [0.3, 0.4) is 0 Å². The lowest BCUT2D eigenvalue weighted by atomic mass is 9.88. The minimum Gasteiger partial charge on any atom is -0.375 e. The number of nitro benzene ring substituents is 1. The molecule has 1 amide bonds. The van der Waals surface area contributed by atoms with Crippen LogP contribution in [0.2, 0.25) is 0 Å². The topological polar surface area (TPSA) is 101 Å². The van der Waals surface area contributed by atoms with Gasteiger partial charge in [-0.15, -0.1) is 0 Å². The summed E-state index contributed by atoms with van der Waals surface area (Å²) in [7, 11) is 0. The molecule has 3 aromatic rings. The molecular formula is C25H22N2O5. The van der Waals surface area contributed by atoms with E-state index in [1.807, 2.05) is 32.0 Å². The van der Waals surface area contributed by atoms with E-state index in [1.54, 1.807) is 24.3 Å². The monoisotopic (exact) mass is 430 g/mol. The number of aryl methyl sites for hydroxylation is 2. The molecule has 1 heterocycles. The molecule has 162 valence electrons. The normalized spacial score (nSPS) is 17.3. The van der Waals surface area contributed by atoms with Gasteiger partial charge in [-0.25, -0.2) is 0 Å². The van der Waals surface area contributed by atoms with Crippen molar-refractivity contribution in [3.63, 3.8) is 0 Å². The summed E-state index contributed by atoms with van der Waals surface area (Å²) in [5, 5.41) is 22.5. The summed E-state index contributed by atoms with van der Waals surface area (Å²) in [6.45, 7) is 4.22. The van der Waals surface area contributed by atoms with Crippen LogP contribution in [0, 0.1) is 24.0 Å². The Labute approximate surface area is 185 Å². The summed E-state index contributed by atoms with van der Waals surface area (Å²) >= 11 is 0. The minimum absolute atomic E-state index is 0.0748. The molecule has 0 bridgehead atoms. The lowest BCUT2D eigenvalue weighted by Gasteiger charge is -2.23. The number of carbonyl (C=O) groups is 2. The number of rotatable bonds is 6. The smallest absolute Gasteiger partial charge is 0.270 e. The zero-order valence-electron chi connectivity index (χ0n) is 17.7. The molecule has 4 rings (SSSR count). The van der Waals surface area contributed by atoms with E-state index in [4.69, 9.17) is 0 Å². The van der Waals surface area contributed by atoms with Crippen molar-refractivity contribution in [1.29, 1.82) is 0 Å². The van der Waals surface area contributed by atoms with E-state index in [0.717, 1.165) is 22.8 Å². The largest absolute Gasteiger partial charge is 0.375 e. The third kappa shape index (κ3) is 3.67. The molecule has 1 aliphatic heterocycles. The van der Waals surface area contributed by atoms with Gasteiger partial charge in [0.1, 0.15) is 0 Å². The van der Waals surface area contributed by atoms with Crippen molar-refractivity contribution in [2.24, 2.45) is 0 Å². The number of fused-ring (bicyclic) bond motifs is 1. The molecule has 0 saturated heterocycles. The van der Waals surface area contributed by atoms with Crippen LogP contribution in [0.5, 0.6) is 0 Å². The summed E-state index contributed by atoms with van der Waals surface area (Å²) < 4.78 is 0. The predicted molar refractivity (Wildman–Crippen MR) is 119 cm³/mol. The average molecular weight is 430 g/mol. The molecule has 0 unspecified atom stereocenters. The highest BCUT2D eigenvalue weighted by molar-refractivity contribution is 6.10. The van der Waals surface area contributed by atoms with Crippen molar-refractivity contribution in [3.05, 3.63) is 105 Å². The van der Waals surface area contributed by atoms with Crippen LogP contribution in [-0.4, -0.2) is 21.7 Å². The lowest BCUT2D eigenvalue weighted by Crippen LogP contribution is -2.41. The van der Waals surface area contributed by atoms with Crippen LogP contribution < -0.4 is 4.90 Å². The highest BCUT2D eigenvalue weighted by Gasteiger charge is 2.50. The molecule has 1 aliphatic rings. The summed E-state index contributed by atoms with van der Waals surface area (Å²) in [5.41, 5.74) is 1.78. The van der Waals surface area contributed by atoms with Crippen LogP contribution in [0.25, 0.3) is 0 Å². The fourth-order valence-corrected chi connectivity index (χ4v) is 4.16. The first-order valence-electron chi connectivity index (χ1n) is 10.2. The van der Waals surface area contributed by atoms with Crippen molar-refractivity contribution in [1.82, 2.24) is 0 Å². The molecular weight excluding hydrogens is 408 g/mol. The Balaban J connectivity index is 1.68. The maximum absolute atomic E-state index is 13.4. The molecule has 1 N–H and O–H groups in total. The number of aliphatic hydroxyl groups is 1. The van der Waals surface area contributed by atoms with Gasteiger partial charge >= 0.3 is 0 Å². The Hall–Kier alpha value is -3.84. The molecule has 0 fully saturated rings. The fraction of sp³-hybridized carbons (Fsp3) is 0.200. The number of non-ortho nitro benzene ring substituents is 1. The highest BCUT2D eigenvalue weighted by atomic mass is 16.6. The van der Waals surface area contributed by atoms with Gasteiger partial charge in [-0.05, 0) is 31.0 Å². The third-order valence-electron chi connectivity index (χ3n) is 5.86. The van der Waals surface area contributed by atoms with E-state index in [2.05, 4.69) is 0 Å². The first kappa shape index (κ1) is 21.4. The Morgan fingerprint density at radius 2 is 1.81 bits per heavy atom. The number of nitrogens with zero attached hydrogens (tertiary/aromatic N) is 2. The van der Waals surface area contributed by atoms with Crippen LogP contribution in [0.15, 0.2) is 66.7 Å². The number of hydrogen-bond acceptors (Lipinski definition) is 5.